The predicted octanol–water partition coefficient (Wildman–Crippen LogP) is -21.1. The van der Waals surface area contributed by atoms with Gasteiger partial charge in [0.25, 0.3) is 0 Å². The number of hydrogen-bond donors (Lipinski definition) is 33. The molecule has 33 N–H and O–H groups in total. The SMILES string of the molecule is CC(=O)N[C@H]1[C@H](O[C@@H]2[C@@H](O[C@H]3[C@H](O)[C@@H](CO[C@H]4O[C@H](CO)[C@@H](O)[C@H](O)[C@@H]4O)O[C@@H](O[C@H]4[C@H](O)[C@@H](NC(C)=O)[C@H](O[C@H]5[C@H](O)[C@@H](NC(C)=O)C(O)O[C@@H]5CO[C@@H]5O[C@@H](C)[C@@H](O)[C@@H](O)[C@@H]5O)O[C@@H]4CO)[C@H]3O[C@@H]3O[C@H](CO)[C@H](O)[C@H]3O)O[C@H](CO)[C@@H](O)[C@@H]2O)O[C@H](CO)[C@@H](O[C@@H]2O[C@H](CO[C@@H]3O[C@H](CO)[C@H](O)[C@H](C)[C@H]3O)[C@H](O)[C@H](O[C@@H]3O[C@H](CO[C@@H]4O[C@H](CO)[C@H](O)[C@H](C)[C@H]4O)[C@H](O)[C@H](C)[C@H]3O)[C@H]2NC(C)=O)[C@@H]1O. The number of hydrogen-bond acceptors (Lipinski definition) is 56. The molecule has 12 fully saturated rings. The fourth-order valence-corrected chi connectivity index (χ4v) is 18.9. The summed E-state index contributed by atoms with van der Waals surface area (Å²) in [6.07, 6.45) is -105. The Morgan fingerprint density at radius 2 is 0.465 bits per heavy atom. The standard InChI is InChI=1S/C82H138N4O56/c1-20-43(98)28(9-87)126-75(46(20)101)120-16-35-45(100)22(3)48(103)79(134-35)139-67-42(86-27(8)97)74(133-36(53(67)108)17-121-76-47(102)21(2)44(99)29(10-88)127-76)136-64-33(14-92)132-73(41(56(64)111)85-26(7)96)141-69-60(115)51(106)31(12-90)130-81(69)140-68-54(109)37(18-122-78-63(118)59(114)50(105)30(11-89)128-78)135-82(70(68)142-80-61(116)52(107)32(13-91)129-80)138-65-34(15-93)131-72(40(57(65)112)84-25(6)95)137-66-38(125-71(119)39(55(66)110)83-24(5)94)19-123-77-62(117)58(113)49(104)23(4)124-77/h20-23,28-82,87-93,98-119H,9-19H2,1-8H3,(H,83,94)(H,84,95)(H,85,96)(H,86,97)/t20-,21-,22-,23-,28+,29+,30+,31+,32+,33+,34+,35+,36+,37+,38+,39+,40+,41+,42+,43+,44+,45+,46+,47+,48+,49+,50+,51+,52-,53-,54+,55+,56+,57+,58+,59-,60-,61+,62-,63-,64+,65+,66+,67+,68-,69-,70-,71?,72-,73-,74-,75+,76+,77+,78-,79-,80-,81+,82-/m0/s1. The van der Waals surface area contributed by atoms with Gasteiger partial charge in [-0.3, -0.25) is 19.2 Å². The molecule has 60 heteroatoms. The minimum Gasteiger partial charge on any atom is -0.394 e. The third kappa shape index (κ3) is 25.7. The van der Waals surface area contributed by atoms with Crippen LogP contribution in [0.3, 0.4) is 0 Å². The lowest BCUT2D eigenvalue weighted by Crippen LogP contribution is -2.71. The summed E-state index contributed by atoms with van der Waals surface area (Å²) in [4.78, 5) is 53.3. The quantitative estimate of drug-likeness (QED) is 0.0275. The summed E-state index contributed by atoms with van der Waals surface area (Å²) in [5.74, 6) is -7.16. The number of carbonyl (C=O) groups excluding carboxylic acids is 4. The van der Waals surface area contributed by atoms with E-state index in [0.29, 0.717) is 0 Å². The summed E-state index contributed by atoms with van der Waals surface area (Å²) in [7, 11) is 0. The highest BCUT2D eigenvalue weighted by atomic mass is 16.8. The fraction of sp³-hybridized carbons (Fsp3) is 0.951. The maximum Gasteiger partial charge on any atom is 0.217 e. The van der Waals surface area contributed by atoms with Crippen molar-refractivity contribution in [2.45, 2.75) is 399 Å². The summed E-state index contributed by atoms with van der Waals surface area (Å²) in [5.41, 5.74) is 0. The lowest BCUT2D eigenvalue weighted by molar-refractivity contribution is -0.407. The smallest absolute Gasteiger partial charge is 0.217 e. The van der Waals surface area contributed by atoms with E-state index in [-0.39, 0.29) is 0 Å². The van der Waals surface area contributed by atoms with E-state index in [2.05, 4.69) is 21.3 Å². The third-order valence-corrected chi connectivity index (χ3v) is 27.4. The second kappa shape index (κ2) is 50.8. The highest BCUT2D eigenvalue weighted by Crippen LogP contribution is 2.43. The van der Waals surface area contributed by atoms with E-state index >= 15 is 0 Å². The van der Waals surface area contributed by atoms with E-state index in [1.807, 2.05) is 0 Å². The van der Waals surface area contributed by atoms with Crippen molar-refractivity contribution < 1.29 is 276 Å². The van der Waals surface area contributed by atoms with Gasteiger partial charge in [-0.05, 0) is 6.92 Å². The molecule has 822 valence electrons. The first-order chi connectivity index (χ1) is 67.1. The van der Waals surface area contributed by atoms with Crippen molar-refractivity contribution in [3.8, 4) is 0 Å². The van der Waals surface area contributed by atoms with Crippen LogP contribution in [0, 0.1) is 17.8 Å². The Bertz CT molecular complexity index is 3920. The zero-order chi connectivity index (χ0) is 104. The van der Waals surface area contributed by atoms with Crippen LogP contribution in [0.5, 0.6) is 0 Å². The molecule has 12 rings (SSSR count). The Balaban J connectivity index is 0.881. The average molecular weight is 2080 g/mol. The highest BCUT2D eigenvalue weighted by molar-refractivity contribution is 5.74. The minimum atomic E-state index is -2.58. The molecular weight excluding hydrogens is 1940 g/mol. The lowest BCUT2D eigenvalue weighted by Gasteiger charge is -2.52. The summed E-state index contributed by atoms with van der Waals surface area (Å²) in [5, 5.41) is 339. The first-order valence-electron chi connectivity index (χ1n) is 46.4. The van der Waals surface area contributed by atoms with Gasteiger partial charge in [0, 0.05) is 45.4 Å². The van der Waals surface area contributed by atoms with Gasteiger partial charge in [0.1, 0.15) is 244 Å². The summed E-state index contributed by atoms with van der Waals surface area (Å²) >= 11 is 0. The van der Waals surface area contributed by atoms with Crippen LogP contribution in [0.1, 0.15) is 55.4 Å². The van der Waals surface area contributed by atoms with Crippen molar-refractivity contribution >= 4 is 23.6 Å². The minimum absolute atomic E-state index is 0.681. The van der Waals surface area contributed by atoms with Crippen molar-refractivity contribution in [3.05, 3.63) is 0 Å². The maximum absolute atomic E-state index is 13.7. The number of aliphatic hydroxyl groups is 29. The van der Waals surface area contributed by atoms with Crippen LogP contribution in [0.25, 0.3) is 0 Å². The molecule has 0 spiro atoms. The van der Waals surface area contributed by atoms with E-state index in [4.69, 9.17) is 109 Å². The Kier molecular flexibility index (Phi) is 41.7. The molecule has 12 heterocycles. The van der Waals surface area contributed by atoms with Gasteiger partial charge in [-0.15, -0.1) is 0 Å². The van der Waals surface area contributed by atoms with E-state index in [1.54, 1.807) is 0 Å². The molecule has 0 aromatic heterocycles. The monoisotopic (exact) mass is 2070 g/mol. The van der Waals surface area contributed by atoms with Gasteiger partial charge in [-0.2, -0.15) is 0 Å². The number of rotatable bonds is 37. The van der Waals surface area contributed by atoms with Crippen LogP contribution in [0.4, 0.5) is 0 Å². The molecule has 12 aliphatic rings. The van der Waals surface area contributed by atoms with Gasteiger partial charge in [-0.25, -0.2) is 0 Å². The topological polar surface area (TPSA) is 915 Å². The Hall–Kier alpha value is -4.20. The van der Waals surface area contributed by atoms with Crippen molar-refractivity contribution in [2.24, 2.45) is 17.8 Å². The number of carbonyl (C=O) groups is 4. The van der Waals surface area contributed by atoms with Gasteiger partial charge in [-0.1, -0.05) is 20.8 Å². The van der Waals surface area contributed by atoms with Crippen LogP contribution in [0.2, 0.25) is 0 Å². The molecule has 0 aromatic rings. The molecule has 12 saturated heterocycles. The zero-order valence-electron chi connectivity index (χ0n) is 77.8. The van der Waals surface area contributed by atoms with Crippen LogP contribution in [-0.4, -0.2) is 588 Å². The normalized spacial score (nSPS) is 50.3. The van der Waals surface area contributed by atoms with Crippen molar-refractivity contribution in [2.75, 3.05) is 72.7 Å². The van der Waals surface area contributed by atoms with Gasteiger partial charge in [0.15, 0.2) is 75.5 Å². The number of nitrogens with one attached hydrogen (secondary N) is 4. The van der Waals surface area contributed by atoms with E-state index in [9.17, 15) is 167 Å². The van der Waals surface area contributed by atoms with Crippen molar-refractivity contribution in [1.29, 1.82) is 0 Å². The van der Waals surface area contributed by atoms with E-state index in [1.165, 1.54) is 27.7 Å². The first-order valence-corrected chi connectivity index (χ1v) is 46.4. The summed E-state index contributed by atoms with van der Waals surface area (Å²) < 4.78 is 140. The second-order valence-corrected chi connectivity index (χ2v) is 37.3. The number of amides is 4. The molecule has 0 bridgehead atoms. The maximum atomic E-state index is 13.7. The molecule has 0 aliphatic carbocycles. The molecule has 1 unspecified atom stereocenters. The van der Waals surface area contributed by atoms with Gasteiger partial charge >= 0.3 is 0 Å². The average Bonchev–Trinajstić information content (AvgIpc) is 1.11. The second-order valence-electron chi connectivity index (χ2n) is 37.3. The fourth-order valence-electron chi connectivity index (χ4n) is 18.9. The van der Waals surface area contributed by atoms with E-state index in [0.717, 1.165) is 27.7 Å². The third-order valence-electron chi connectivity index (χ3n) is 27.4. The van der Waals surface area contributed by atoms with Crippen LogP contribution in [-0.2, 0) is 128 Å². The van der Waals surface area contributed by atoms with Gasteiger partial charge in [0.05, 0.1) is 97.1 Å². The van der Waals surface area contributed by atoms with Gasteiger partial charge in [0.2, 0.25) is 23.6 Å². The predicted molar refractivity (Wildman–Crippen MR) is 443 cm³/mol. The molecule has 12 aliphatic heterocycles. The molecule has 0 radical (unpaired) electrons. The first kappa shape index (κ1) is 116. The molecule has 0 saturated carbocycles. The van der Waals surface area contributed by atoms with E-state index < -0.39 is 458 Å². The van der Waals surface area contributed by atoms with Crippen molar-refractivity contribution in [1.82, 2.24) is 21.3 Å². The van der Waals surface area contributed by atoms with Gasteiger partial charge < -0.3 is 278 Å². The molecule has 60 nitrogen and oxygen atoms in total. The lowest BCUT2D eigenvalue weighted by atomic mass is 9.90. The van der Waals surface area contributed by atoms with Crippen LogP contribution >= 0.6 is 0 Å². The van der Waals surface area contributed by atoms with Crippen LogP contribution < -0.4 is 21.3 Å². The Morgan fingerprint density at radius 1 is 0.204 bits per heavy atom. The molecule has 0 aromatic carbocycles. The Labute approximate surface area is 808 Å². The summed E-state index contributed by atoms with van der Waals surface area (Å²) in [6.45, 7) is -1.97. The van der Waals surface area contributed by atoms with Crippen molar-refractivity contribution in [3.63, 3.8) is 0 Å². The largest absolute Gasteiger partial charge is 0.394 e. The summed E-state index contributed by atoms with van der Waals surface area (Å²) in [6, 6.07) is -7.99. The number of aliphatic hydroxyl groups excluding tert-OH is 29. The molecular formula is C82H138N4O56. The molecule has 142 heavy (non-hydrogen) atoms. The highest BCUT2D eigenvalue weighted by Gasteiger charge is 2.63. The molecule has 59 atom stereocenters. The Morgan fingerprint density at radius 3 is 0.923 bits per heavy atom. The zero-order valence-corrected chi connectivity index (χ0v) is 77.8. The molecule has 4 amide bonds. The number of ether oxygens (including phenoxy) is 23. The van der Waals surface area contributed by atoms with Crippen LogP contribution in [0.15, 0.2) is 0 Å².